The molecule has 0 bridgehead atoms. The van der Waals surface area contributed by atoms with E-state index in [4.69, 9.17) is 0 Å². The van der Waals surface area contributed by atoms with E-state index in [1.807, 2.05) is 12.1 Å². The van der Waals surface area contributed by atoms with Crippen molar-refractivity contribution in [3.05, 3.63) is 36.0 Å². The molecule has 1 radical (unpaired) electrons. The number of aryl methyl sites for hydroxylation is 1. The molecule has 0 aliphatic heterocycles. The van der Waals surface area contributed by atoms with Crippen LogP contribution in [0.1, 0.15) is 5.69 Å². The topological polar surface area (TPSA) is 15.8 Å². The average molecular weight is 130 g/mol. The first-order valence-electron chi connectivity index (χ1n) is 3.32. The van der Waals surface area contributed by atoms with E-state index in [9.17, 15) is 0 Å². The molecule has 1 nitrogen and oxygen atoms in total. The molecule has 0 saturated carbocycles. The molecule has 1 heteroatoms. The Balaban J connectivity index is 2.88. The summed E-state index contributed by atoms with van der Waals surface area (Å²) in [4.78, 5) is 3.23. The fraction of sp³-hybridized carbons (Fsp3) is 0.111. The molecular formula is C9H8N. The molecule has 1 N–H and O–H groups in total. The molecule has 1 aromatic carbocycles. The molecule has 2 rings (SSSR count). The predicted octanol–water partition coefficient (Wildman–Crippen LogP) is 2.28. The Morgan fingerprint density at radius 3 is 3.20 bits per heavy atom. The minimum Gasteiger partial charge on any atom is -0.359 e. The van der Waals surface area contributed by atoms with E-state index in [2.05, 4.69) is 30.1 Å². The van der Waals surface area contributed by atoms with E-state index in [1.54, 1.807) is 0 Å². The zero-order valence-electron chi connectivity index (χ0n) is 5.81. The largest absolute Gasteiger partial charge is 0.359 e. The van der Waals surface area contributed by atoms with Crippen LogP contribution < -0.4 is 0 Å². The Kier molecular flexibility index (Phi) is 1.04. The van der Waals surface area contributed by atoms with Crippen molar-refractivity contribution in [3.63, 3.8) is 0 Å². The van der Waals surface area contributed by atoms with Gasteiger partial charge in [0.15, 0.2) is 0 Å². The maximum absolute atomic E-state index is 3.23. The van der Waals surface area contributed by atoms with E-state index in [1.165, 1.54) is 16.6 Å². The highest BCUT2D eigenvalue weighted by molar-refractivity contribution is 5.79. The summed E-state index contributed by atoms with van der Waals surface area (Å²) in [5.74, 6) is 0. The van der Waals surface area contributed by atoms with E-state index >= 15 is 0 Å². The number of H-pyrrole nitrogens is 1. The van der Waals surface area contributed by atoms with Gasteiger partial charge in [-0.25, -0.2) is 0 Å². The number of rotatable bonds is 0. The monoisotopic (exact) mass is 130 g/mol. The summed E-state index contributed by atoms with van der Waals surface area (Å²) in [6, 6.07) is 11.1. The minimum atomic E-state index is 1.17. The van der Waals surface area contributed by atoms with Crippen LogP contribution >= 0.6 is 0 Å². The first kappa shape index (κ1) is 5.54. The lowest BCUT2D eigenvalue weighted by Gasteiger charge is -1.83. The molecule has 0 fully saturated rings. The summed E-state index contributed by atoms with van der Waals surface area (Å²) in [6.45, 7) is 2.06. The summed E-state index contributed by atoms with van der Waals surface area (Å²) in [5.41, 5.74) is 2.37. The Morgan fingerprint density at radius 2 is 2.40 bits per heavy atom. The lowest BCUT2D eigenvalue weighted by molar-refractivity contribution is 1.30. The summed E-state index contributed by atoms with van der Waals surface area (Å²) in [7, 11) is 0. The molecule has 0 aliphatic carbocycles. The van der Waals surface area contributed by atoms with Crippen molar-refractivity contribution in [2.75, 3.05) is 0 Å². The van der Waals surface area contributed by atoms with Crippen LogP contribution in [0.2, 0.25) is 0 Å². The van der Waals surface area contributed by atoms with Crippen LogP contribution in [-0.4, -0.2) is 4.98 Å². The van der Waals surface area contributed by atoms with Crippen LogP contribution in [0.5, 0.6) is 0 Å². The van der Waals surface area contributed by atoms with Crippen molar-refractivity contribution >= 4 is 10.9 Å². The third-order valence-corrected chi connectivity index (χ3v) is 1.60. The summed E-state index contributed by atoms with van der Waals surface area (Å²) >= 11 is 0. The van der Waals surface area contributed by atoms with Crippen molar-refractivity contribution in [1.29, 1.82) is 0 Å². The van der Waals surface area contributed by atoms with E-state index in [0.717, 1.165) is 0 Å². The fourth-order valence-electron chi connectivity index (χ4n) is 1.16. The van der Waals surface area contributed by atoms with Gasteiger partial charge in [-0.2, -0.15) is 0 Å². The second-order valence-electron chi connectivity index (χ2n) is 2.47. The number of hydrogen-bond donors (Lipinski definition) is 1. The summed E-state index contributed by atoms with van der Waals surface area (Å²) in [5, 5.41) is 1.26. The number of hydrogen-bond acceptors (Lipinski definition) is 0. The number of aromatic nitrogens is 1. The van der Waals surface area contributed by atoms with Gasteiger partial charge in [0.25, 0.3) is 0 Å². The lowest BCUT2D eigenvalue weighted by atomic mass is 10.2. The second kappa shape index (κ2) is 1.87. The Labute approximate surface area is 59.7 Å². The van der Waals surface area contributed by atoms with E-state index in [-0.39, 0.29) is 0 Å². The summed E-state index contributed by atoms with van der Waals surface area (Å²) < 4.78 is 0. The molecule has 1 heterocycles. The van der Waals surface area contributed by atoms with Crippen molar-refractivity contribution < 1.29 is 0 Å². The molecule has 0 amide bonds. The minimum absolute atomic E-state index is 1.17. The molecule has 0 aliphatic rings. The SMILES string of the molecule is Cc1cc2cc[c]cc2[nH]1. The quantitative estimate of drug-likeness (QED) is 0.563. The van der Waals surface area contributed by atoms with Crippen LogP contribution in [0.3, 0.4) is 0 Å². The van der Waals surface area contributed by atoms with Gasteiger partial charge in [0.1, 0.15) is 0 Å². The fourth-order valence-corrected chi connectivity index (χ4v) is 1.16. The third kappa shape index (κ3) is 0.711. The first-order chi connectivity index (χ1) is 4.86. The maximum atomic E-state index is 3.23. The predicted molar refractivity (Wildman–Crippen MR) is 41.9 cm³/mol. The number of benzene rings is 1. The number of nitrogens with one attached hydrogen (secondary N) is 1. The van der Waals surface area contributed by atoms with Crippen LogP contribution in [-0.2, 0) is 0 Å². The molecule has 0 saturated heterocycles. The Hall–Kier alpha value is -1.24. The molecule has 10 heavy (non-hydrogen) atoms. The smallest absolute Gasteiger partial charge is 0.0462 e. The second-order valence-corrected chi connectivity index (χ2v) is 2.47. The van der Waals surface area contributed by atoms with Crippen molar-refractivity contribution in [1.82, 2.24) is 4.98 Å². The van der Waals surface area contributed by atoms with Crippen LogP contribution in [0.15, 0.2) is 24.3 Å². The van der Waals surface area contributed by atoms with Gasteiger partial charge in [-0.3, -0.25) is 0 Å². The number of aromatic amines is 1. The Morgan fingerprint density at radius 1 is 1.50 bits per heavy atom. The van der Waals surface area contributed by atoms with Gasteiger partial charge in [0.05, 0.1) is 0 Å². The molecule has 2 aromatic rings. The normalized spacial score (nSPS) is 10.5. The van der Waals surface area contributed by atoms with Gasteiger partial charge in [-0.15, -0.1) is 0 Å². The van der Waals surface area contributed by atoms with E-state index < -0.39 is 0 Å². The van der Waals surface area contributed by atoms with Gasteiger partial charge in [-0.05, 0) is 30.5 Å². The lowest BCUT2D eigenvalue weighted by Crippen LogP contribution is -1.65. The van der Waals surface area contributed by atoms with Gasteiger partial charge in [0, 0.05) is 11.2 Å². The third-order valence-electron chi connectivity index (χ3n) is 1.60. The van der Waals surface area contributed by atoms with Crippen molar-refractivity contribution in [2.24, 2.45) is 0 Å². The molecule has 0 unspecified atom stereocenters. The van der Waals surface area contributed by atoms with E-state index in [0.29, 0.717) is 0 Å². The highest BCUT2D eigenvalue weighted by Gasteiger charge is 1.92. The van der Waals surface area contributed by atoms with Crippen molar-refractivity contribution in [3.8, 4) is 0 Å². The van der Waals surface area contributed by atoms with Crippen LogP contribution in [0.25, 0.3) is 10.9 Å². The molecule has 0 spiro atoms. The molecule has 0 atom stereocenters. The van der Waals surface area contributed by atoms with Gasteiger partial charge in [-0.1, -0.05) is 12.1 Å². The van der Waals surface area contributed by atoms with Gasteiger partial charge in [0.2, 0.25) is 0 Å². The average Bonchev–Trinajstić information content (AvgIpc) is 2.27. The summed E-state index contributed by atoms with van der Waals surface area (Å²) in [6.07, 6.45) is 0. The van der Waals surface area contributed by atoms with Gasteiger partial charge < -0.3 is 4.98 Å². The highest BCUT2D eigenvalue weighted by Crippen LogP contribution is 2.12. The van der Waals surface area contributed by atoms with Gasteiger partial charge >= 0.3 is 0 Å². The maximum Gasteiger partial charge on any atom is 0.0462 e. The van der Waals surface area contributed by atoms with Crippen LogP contribution in [0.4, 0.5) is 0 Å². The first-order valence-corrected chi connectivity index (χ1v) is 3.32. The highest BCUT2D eigenvalue weighted by atomic mass is 14.7. The molecule has 1 aromatic heterocycles. The molecule has 49 valence electrons. The molecular weight excluding hydrogens is 122 g/mol. The zero-order chi connectivity index (χ0) is 6.97. The Bertz CT molecular complexity index is 313. The standard InChI is InChI=1S/C9H8N/c1-7-6-8-4-2-3-5-9(8)10-7/h2,4-6,10H,1H3. The zero-order valence-corrected chi connectivity index (χ0v) is 5.81. The van der Waals surface area contributed by atoms with Crippen LogP contribution in [0, 0.1) is 13.0 Å². The number of fused-ring (bicyclic) bond motifs is 1. The van der Waals surface area contributed by atoms with Crippen molar-refractivity contribution in [2.45, 2.75) is 6.92 Å².